The van der Waals surface area contributed by atoms with Crippen LogP contribution in [0.15, 0.2) is 12.1 Å². The Bertz CT molecular complexity index is 612. The van der Waals surface area contributed by atoms with E-state index in [0.29, 0.717) is 35.8 Å². The van der Waals surface area contributed by atoms with Gasteiger partial charge in [0, 0.05) is 17.7 Å². The second-order valence-corrected chi connectivity index (χ2v) is 6.77. The van der Waals surface area contributed by atoms with Gasteiger partial charge in [-0.1, -0.05) is 6.42 Å². The molecule has 0 radical (unpaired) electrons. The number of hydrogen-bond donors (Lipinski definition) is 1. The van der Waals surface area contributed by atoms with Crippen molar-refractivity contribution in [3.05, 3.63) is 23.3 Å². The van der Waals surface area contributed by atoms with Crippen molar-refractivity contribution in [1.29, 1.82) is 0 Å². The number of benzene rings is 1. The summed E-state index contributed by atoms with van der Waals surface area (Å²) in [6.45, 7) is 4.87. The van der Waals surface area contributed by atoms with Crippen LogP contribution in [0.1, 0.15) is 42.1 Å². The lowest BCUT2D eigenvalue weighted by Gasteiger charge is -2.29. The largest absolute Gasteiger partial charge is 0.493 e. The lowest BCUT2D eigenvalue weighted by Crippen LogP contribution is -2.38. The number of likely N-dealkylation sites (tertiary alicyclic amines) is 1. The van der Waals surface area contributed by atoms with Gasteiger partial charge < -0.3 is 24.2 Å². The Hall–Kier alpha value is -1.63. The van der Waals surface area contributed by atoms with E-state index in [2.05, 4.69) is 4.90 Å². The summed E-state index contributed by atoms with van der Waals surface area (Å²) in [4.78, 5) is 14.6. The minimum absolute atomic E-state index is 0.0531. The van der Waals surface area contributed by atoms with E-state index < -0.39 is 12.2 Å². The van der Waals surface area contributed by atoms with E-state index in [1.807, 2.05) is 0 Å². The standard InChI is InChI=1S/C19H27NO5/c1-13-18(22)15-6-7-17(23-2)19(16(15)12-24-13)25-11-14(21)10-20-8-4-3-5-9-20/h6-7,13-14,21H,3-5,8-12H2,1-2H3. The van der Waals surface area contributed by atoms with Crippen LogP contribution in [0, 0.1) is 0 Å². The van der Waals surface area contributed by atoms with Crippen LogP contribution in [-0.2, 0) is 11.3 Å². The summed E-state index contributed by atoms with van der Waals surface area (Å²) in [5.74, 6) is 0.996. The van der Waals surface area contributed by atoms with Gasteiger partial charge >= 0.3 is 0 Å². The fourth-order valence-electron chi connectivity index (χ4n) is 3.47. The first-order chi connectivity index (χ1) is 12.1. The Kier molecular flexibility index (Phi) is 5.93. The maximum absolute atomic E-state index is 12.3. The number of ether oxygens (including phenoxy) is 3. The highest BCUT2D eigenvalue weighted by atomic mass is 16.5. The number of hydrogen-bond acceptors (Lipinski definition) is 6. The zero-order valence-electron chi connectivity index (χ0n) is 15.0. The van der Waals surface area contributed by atoms with Gasteiger partial charge in [0.15, 0.2) is 17.3 Å². The quantitative estimate of drug-likeness (QED) is 0.847. The van der Waals surface area contributed by atoms with Crippen LogP contribution in [0.25, 0.3) is 0 Å². The van der Waals surface area contributed by atoms with Crippen LogP contribution in [0.2, 0.25) is 0 Å². The summed E-state index contributed by atoms with van der Waals surface area (Å²) in [7, 11) is 1.56. The van der Waals surface area contributed by atoms with Crippen LogP contribution in [0.4, 0.5) is 0 Å². The molecule has 0 bridgehead atoms. The van der Waals surface area contributed by atoms with Crippen molar-refractivity contribution < 1.29 is 24.1 Å². The summed E-state index contributed by atoms with van der Waals surface area (Å²) in [6.07, 6.45) is 2.61. The summed E-state index contributed by atoms with van der Waals surface area (Å²) in [6, 6.07) is 3.49. The molecule has 2 unspecified atom stereocenters. The third-order valence-electron chi connectivity index (χ3n) is 4.89. The summed E-state index contributed by atoms with van der Waals surface area (Å²) in [5.41, 5.74) is 1.31. The number of fused-ring (bicyclic) bond motifs is 1. The highest BCUT2D eigenvalue weighted by Crippen LogP contribution is 2.37. The van der Waals surface area contributed by atoms with E-state index in [-0.39, 0.29) is 12.4 Å². The monoisotopic (exact) mass is 349 g/mol. The maximum Gasteiger partial charge on any atom is 0.191 e. The molecule has 1 N–H and O–H groups in total. The van der Waals surface area contributed by atoms with Crippen molar-refractivity contribution in [2.45, 2.75) is 45.0 Å². The van der Waals surface area contributed by atoms with Gasteiger partial charge in [0.25, 0.3) is 0 Å². The molecule has 138 valence electrons. The summed E-state index contributed by atoms with van der Waals surface area (Å²) < 4.78 is 16.8. The van der Waals surface area contributed by atoms with E-state index in [0.717, 1.165) is 13.1 Å². The molecule has 1 aromatic carbocycles. The molecular weight excluding hydrogens is 322 g/mol. The molecule has 3 rings (SSSR count). The fourth-order valence-corrected chi connectivity index (χ4v) is 3.47. The van der Waals surface area contributed by atoms with Gasteiger partial charge in [-0.05, 0) is 45.0 Å². The highest BCUT2D eigenvalue weighted by molar-refractivity contribution is 6.02. The molecule has 0 aromatic heterocycles. The molecule has 6 heteroatoms. The zero-order valence-corrected chi connectivity index (χ0v) is 15.0. The number of aliphatic hydroxyl groups is 1. The van der Waals surface area contributed by atoms with Crippen LogP contribution < -0.4 is 9.47 Å². The number of aliphatic hydroxyl groups excluding tert-OH is 1. The van der Waals surface area contributed by atoms with Crippen LogP contribution >= 0.6 is 0 Å². The molecule has 0 aliphatic carbocycles. The lowest BCUT2D eigenvalue weighted by molar-refractivity contribution is 0.0306. The molecule has 6 nitrogen and oxygen atoms in total. The summed E-state index contributed by atoms with van der Waals surface area (Å²) in [5, 5.41) is 10.3. The second kappa shape index (κ2) is 8.17. The van der Waals surface area contributed by atoms with Crippen molar-refractivity contribution in [2.75, 3.05) is 33.4 Å². The number of carbonyl (C=O) groups excluding carboxylic acids is 1. The first-order valence-electron chi connectivity index (χ1n) is 8.99. The number of ketones is 1. The van der Waals surface area contributed by atoms with Crippen molar-refractivity contribution >= 4 is 5.78 Å². The molecule has 0 amide bonds. The lowest BCUT2D eigenvalue weighted by atomic mass is 9.97. The Morgan fingerprint density at radius 2 is 2.08 bits per heavy atom. The van der Waals surface area contributed by atoms with Gasteiger partial charge in [-0.2, -0.15) is 0 Å². The maximum atomic E-state index is 12.3. The van der Waals surface area contributed by atoms with E-state index in [4.69, 9.17) is 14.2 Å². The number of piperidine rings is 1. The molecule has 2 aliphatic heterocycles. The van der Waals surface area contributed by atoms with Gasteiger partial charge in [0.05, 0.1) is 13.7 Å². The fraction of sp³-hybridized carbons (Fsp3) is 0.632. The third-order valence-corrected chi connectivity index (χ3v) is 4.89. The number of nitrogens with zero attached hydrogens (tertiary/aromatic N) is 1. The molecular formula is C19H27NO5. The average Bonchev–Trinajstić information content (AvgIpc) is 2.63. The van der Waals surface area contributed by atoms with Crippen LogP contribution in [-0.4, -0.2) is 61.3 Å². The van der Waals surface area contributed by atoms with Gasteiger partial charge in [-0.25, -0.2) is 0 Å². The molecule has 1 saturated heterocycles. The minimum atomic E-state index is -0.585. The van der Waals surface area contributed by atoms with E-state index in [1.165, 1.54) is 19.3 Å². The number of rotatable bonds is 6. The second-order valence-electron chi connectivity index (χ2n) is 6.77. The Morgan fingerprint density at radius 3 is 2.80 bits per heavy atom. The van der Waals surface area contributed by atoms with Gasteiger partial charge in [-0.15, -0.1) is 0 Å². The molecule has 25 heavy (non-hydrogen) atoms. The molecule has 2 atom stereocenters. The highest BCUT2D eigenvalue weighted by Gasteiger charge is 2.29. The molecule has 1 fully saturated rings. The SMILES string of the molecule is COc1ccc2c(c1OCC(O)CN1CCCCC1)COC(C)C2=O. The molecule has 1 aromatic rings. The summed E-state index contributed by atoms with van der Waals surface area (Å²) >= 11 is 0. The average molecular weight is 349 g/mol. The van der Waals surface area contributed by atoms with Crippen molar-refractivity contribution in [3.8, 4) is 11.5 Å². The number of Topliss-reactive ketones (excluding diaryl/α,β-unsaturated/α-hetero) is 1. The topological polar surface area (TPSA) is 68.2 Å². The first-order valence-corrected chi connectivity index (χ1v) is 8.99. The molecule has 0 spiro atoms. The van der Waals surface area contributed by atoms with E-state index >= 15 is 0 Å². The van der Waals surface area contributed by atoms with E-state index in [1.54, 1.807) is 26.2 Å². The zero-order chi connectivity index (χ0) is 17.8. The van der Waals surface area contributed by atoms with Gasteiger partial charge in [0.1, 0.15) is 18.8 Å². The Morgan fingerprint density at radius 1 is 1.32 bits per heavy atom. The van der Waals surface area contributed by atoms with Gasteiger partial charge in [0.2, 0.25) is 0 Å². The van der Waals surface area contributed by atoms with Gasteiger partial charge in [-0.3, -0.25) is 4.79 Å². The van der Waals surface area contributed by atoms with Crippen LogP contribution in [0.5, 0.6) is 11.5 Å². The number of carbonyl (C=O) groups is 1. The smallest absolute Gasteiger partial charge is 0.191 e. The van der Waals surface area contributed by atoms with Crippen LogP contribution in [0.3, 0.4) is 0 Å². The Balaban J connectivity index is 1.69. The molecule has 2 heterocycles. The van der Waals surface area contributed by atoms with Crippen molar-refractivity contribution in [1.82, 2.24) is 4.90 Å². The van der Waals surface area contributed by atoms with Crippen molar-refractivity contribution in [3.63, 3.8) is 0 Å². The molecule has 0 saturated carbocycles. The first kappa shape index (κ1) is 18.2. The third kappa shape index (κ3) is 4.14. The minimum Gasteiger partial charge on any atom is -0.493 e. The predicted octanol–water partition coefficient (Wildman–Crippen LogP) is 2.02. The predicted molar refractivity (Wildman–Crippen MR) is 93.4 cm³/mol. The number of methoxy groups -OCH3 is 1. The normalized spacial score (nSPS) is 22.4. The van der Waals surface area contributed by atoms with Crippen molar-refractivity contribution in [2.24, 2.45) is 0 Å². The van der Waals surface area contributed by atoms with E-state index in [9.17, 15) is 9.90 Å². The Labute approximate surface area is 148 Å². The molecule has 2 aliphatic rings. The number of β-amino-alcohol motifs (C(OH)–C–C–N with tert-alkyl or cyclic N) is 1.